The van der Waals surface area contributed by atoms with E-state index in [1.807, 2.05) is 0 Å². The molecule has 0 atom stereocenters. The zero-order valence-corrected chi connectivity index (χ0v) is 6.99. The molecule has 13 heavy (non-hydrogen) atoms. The van der Waals surface area contributed by atoms with E-state index in [2.05, 4.69) is 25.1 Å². The van der Waals surface area contributed by atoms with Crippen LogP contribution in [0.1, 0.15) is 24.6 Å². The van der Waals surface area contributed by atoms with Gasteiger partial charge in [0.2, 0.25) is 0 Å². The molecule has 2 N–H and O–H groups in total. The number of hydrogen-bond acceptors (Lipinski definition) is 3. The Bertz CT molecular complexity index is 398. The standard InChI is InChI=1S/C8H9N5/c1-2-5(1)7-11-8(13-12-7)6-3-9-4-10-6/h3-5H,1-2H2,(H,9,10)(H,11,12,13). The van der Waals surface area contributed by atoms with Gasteiger partial charge in [0, 0.05) is 5.92 Å². The van der Waals surface area contributed by atoms with Crippen molar-refractivity contribution in [3.05, 3.63) is 18.3 Å². The minimum absolute atomic E-state index is 0.615. The van der Waals surface area contributed by atoms with E-state index in [-0.39, 0.29) is 0 Å². The number of aromatic amines is 2. The summed E-state index contributed by atoms with van der Waals surface area (Å²) in [6.45, 7) is 0. The molecule has 1 aliphatic carbocycles. The average Bonchev–Trinajstić information content (AvgIpc) is 2.72. The van der Waals surface area contributed by atoms with Crippen LogP contribution in [-0.4, -0.2) is 25.1 Å². The van der Waals surface area contributed by atoms with Crippen molar-refractivity contribution in [2.45, 2.75) is 18.8 Å². The Morgan fingerprint density at radius 2 is 2.31 bits per heavy atom. The maximum Gasteiger partial charge on any atom is 0.199 e. The van der Waals surface area contributed by atoms with E-state index in [1.165, 1.54) is 12.8 Å². The molecule has 2 heterocycles. The van der Waals surface area contributed by atoms with Gasteiger partial charge in [-0.25, -0.2) is 9.97 Å². The third kappa shape index (κ3) is 1.12. The molecule has 1 fully saturated rings. The highest BCUT2D eigenvalue weighted by Gasteiger charge is 2.27. The van der Waals surface area contributed by atoms with Gasteiger partial charge in [-0.1, -0.05) is 0 Å². The van der Waals surface area contributed by atoms with Crippen LogP contribution < -0.4 is 0 Å². The first kappa shape index (κ1) is 6.82. The zero-order chi connectivity index (χ0) is 8.67. The predicted molar refractivity (Wildman–Crippen MR) is 45.9 cm³/mol. The Kier molecular flexibility index (Phi) is 1.27. The summed E-state index contributed by atoms with van der Waals surface area (Å²) in [4.78, 5) is 11.3. The Balaban J connectivity index is 1.97. The summed E-state index contributed by atoms with van der Waals surface area (Å²) in [7, 11) is 0. The lowest BCUT2D eigenvalue weighted by atomic mass is 10.4. The molecule has 0 amide bonds. The normalized spacial score (nSPS) is 16.3. The van der Waals surface area contributed by atoms with E-state index >= 15 is 0 Å². The van der Waals surface area contributed by atoms with Crippen molar-refractivity contribution in [1.29, 1.82) is 0 Å². The molecular weight excluding hydrogens is 166 g/mol. The Hall–Kier alpha value is -1.65. The van der Waals surface area contributed by atoms with Gasteiger partial charge in [0.1, 0.15) is 11.5 Å². The highest BCUT2D eigenvalue weighted by molar-refractivity contribution is 5.46. The first-order chi connectivity index (χ1) is 6.43. The van der Waals surface area contributed by atoms with E-state index in [4.69, 9.17) is 0 Å². The third-order valence-corrected chi connectivity index (χ3v) is 2.21. The van der Waals surface area contributed by atoms with Gasteiger partial charge >= 0.3 is 0 Å². The van der Waals surface area contributed by atoms with Crippen LogP contribution in [-0.2, 0) is 0 Å². The molecule has 2 aromatic heterocycles. The second kappa shape index (κ2) is 2.42. The minimum Gasteiger partial charge on any atom is -0.342 e. The fourth-order valence-electron chi connectivity index (χ4n) is 1.31. The molecule has 0 saturated heterocycles. The summed E-state index contributed by atoms with van der Waals surface area (Å²) in [5.74, 6) is 2.33. The second-order valence-electron chi connectivity index (χ2n) is 3.28. The predicted octanol–water partition coefficient (Wildman–Crippen LogP) is 1.07. The number of rotatable bonds is 2. The van der Waals surface area contributed by atoms with Crippen LogP contribution in [0.25, 0.3) is 11.5 Å². The molecular formula is C8H9N5. The molecule has 3 rings (SSSR count). The lowest BCUT2D eigenvalue weighted by Gasteiger charge is -1.85. The average molecular weight is 175 g/mol. The summed E-state index contributed by atoms with van der Waals surface area (Å²) < 4.78 is 0. The topological polar surface area (TPSA) is 70.2 Å². The molecule has 5 heteroatoms. The Morgan fingerprint density at radius 3 is 3.00 bits per heavy atom. The van der Waals surface area contributed by atoms with Crippen LogP contribution in [0.2, 0.25) is 0 Å². The maximum absolute atomic E-state index is 4.38. The molecule has 0 radical (unpaired) electrons. The monoisotopic (exact) mass is 175 g/mol. The van der Waals surface area contributed by atoms with Crippen molar-refractivity contribution in [3.8, 4) is 11.5 Å². The van der Waals surface area contributed by atoms with Gasteiger partial charge in [0.15, 0.2) is 5.82 Å². The van der Waals surface area contributed by atoms with E-state index in [1.54, 1.807) is 12.5 Å². The third-order valence-electron chi connectivity index (χ3n) is 2.21. The molecule has 0 spiro atoms. The van der Waals surface area contributed by atoms with E-state index in [9.17, 15) is 0 Å². The summed E-state index contributed by atoms with van der Waals surface area (Å²) in [5.41, 5.74) is 0.864. The van der Waals surface area contributed by atoms with Crippen LogP contribution in [0.15, 0.2) is 12.5 Å². The molecule has 0 bridgehead atoms. The van der Waals surface area contributed by atoms with E-state index < -0.39 is 0 Å². The van der Waals surface area contributed by atoms with Crippen molar-refractivity contribution in [1.82, 2.24) is 25.1 Å². The SMILES string of the molecule is c1ncc(-c2n[nH]c(C3CC3)n2)[nH]1. The highest BCUT2D eigenvalue weighted by atomic mass is 15.2. The molecule has 2 aromatic rings. The lowest BCUT2D eigenvalue weighted by molar-refractivity contribution is 0.935. The molecule has 66 valence electrons. The highest BCUT2D eigenvalue weighted by Crippen LogP contribution is 2.38. The molecule has 1 aliphatic rings. The Morgan fingerprint density at radius 1 is 1.38 bits per heavy atom. The molecule has 5 nitrogen and oxygen atoms in total. The van der Waals surface area contributed by atoms with Crippen LogP contribution in [0.3, 0.4) is 0 Å². The number of aromatic nitrogens is 5. The quantitative estimate of drug-likeness (QED) is 0.717. The summed E-state index contributed by atoms with van der Waals surface area (Å²) >= 11 is 0. The van der Waals surface area contributed by atoms with E-state index in [0.29, 0.717) is 11.7 Å². The molecule has 0 aromatic carbocycles. The van der Waals surface area contributed by atoms with Gasteiger partial charge in [-0.3, -0.25) is 5.10 Å². The fraction of sp³-hybridized carbons (Fsp3) is 0.375. The number of nitrogens with zero attached hydrogens (tertiary/aromatic N) is 3. The summed E-state index contributed by atoms with van der Waals surface area (Å²) in [6, 6.07) is 0. The maximum atomic E-state index is 4.38. The molecule has 1 saturated carbocycles. The van der Waals surface area contributed by atoms with Gasteiger partial charge in [-0.05, 0) is 12.8 Å². The van der Waals surface area contributed by atoms with Crippen molar-refractivity contribution in [2.24, 2.45) is 0 Å². The zero-order valence-electron chi connectivity index (χ0n) is 6.99. The van der Waals surface area contributed by atoms with Crippen LogP contribution >= 0.6 is 0 Å². The van der Waals surface area contributed by atoms with Crippen molar-refractivity contribution in [2.75, 3.05) is 0 Å². The summed E-state index contributed by atoms with van der Waals surface area (Å²) in [5, 5.41) is 7.06. The second-order valence-corrected chi connectivity index (χ2v) is 3.28. The smallest absolute Gasteiger partial charge is 0.199 e. The minimum atomic E-state index is 0.615. The van der Waals surface area contributed by atoms with Gasteiger partial charge in [0.05, 0.1) is 12.5 Å². The van der Waals surface area contributed by atoms with Crippen LogP contribution in [0.5, 0.6) is 0 Å². The lowest BCUT2D eigenvalue weighted by Crippen LogP contribution is -1.81. The van der Waals surface area contributed by atoms with Gasteiger partial charge < -0.3 is 4.98 Å². The molecule has 0 aliphatic heterocycles. The number of imidazole rings is 1. The fourth-order valence-corrected chi connectivity index (χ4v) is 1.31. The first-order valence-corrected chi connectivity index (χ1v) is 4.34. The molecule has 0 unspecified atom stereocenters. The van der Waals surface area contributed by atoms with Gasteiger partial charge in [0.25, 0.3) is 0 Å². The van der Waals surface area contributed by atoms with Crippen LogP contribution in [0, 0.1) is 0 Å². The number of H-pyrrole nitrogens is 2. The number of hydrogen-bond donors (Lipinski definition) is 2. The van der Waals surface area contributed by atoms with Crippen molar-refractivity contribution < 1.29 is 0 Å². The number of nitrogens with one attached hydrogen (secondary N) is 2. The first-order valence-electron chi connectivity index (χ1n) is 4.34. The van der Waals surface area contributed by atoms with Crippen molar-refractivity contribution in [3.63, 3.8) is 0 Å². The Labute approximate surface area is 74.6 Å². The largest absolute Gasteiger partial charge is 0.342 e. The summed E-state index contributed by atoms with van der Waals surface area (Å²) in [6.07, 6.45) is 5.82. The van der Waals surface area contributed by atoms with Crippen molar-refractivity contribution >= 4 is 0 Å². The van der Waals surface area contributed by atoms with Crippen LogP contribution in [0.4, 0.5) is 0 Å². The van der Waals surface area contributed by atoms with Gasteiger partial charge in [-0.2, -0.15) is 5.10 Å². The van der Waals surface area contributed by atoms with Gasteiger partial charge in [-0.15, -0.1) is 0 Å². The van der Waals surface area contributed by atoms with E-state index in [0.717, 1.165) is 11.5 Å².